The molecular weight excluding hydrogens is 154 g/mol. The van der Waals surface area contributed by atoms with Gasteiger partial charge >= 0.3 is 0 Å². The third kappa shape index (κ3) is 1.81. The smallest absolute Gasteiger partial charge is 0.175 e. The van der Waals surface area contributed by atoms with Crippen molar-refractivity contribution in [2.75, 3.05) is 0 Å². The molecule has 1 rings (SSSR count). The van der Waals surface area contributed by atoms with E-state index in [1.165, 1.54) is 13.8 Å². The minimum absolute atomic E-state index is 0.0121. The molecule has 0 aromatic heterocycles. The maximum absolute atomic E-state index is 10.9. The van der Waals surface area contributed by atoms with Crippen LogP contribution in [-0.2, 0) is 9.59 Å². The van der Waals surface area contributed by atoms with E-state index in [2.05, 4.69) is 5.32 Å². The van der Waals surface area contributed by atoms with Gasteiger partial charge in [0.25, 0.3) is 0 Å². The molecule has 1 unspecified atom stereocenters. The zero-order valence-corrected chi connectivity index (χ0v) is 7.13. The average Bonchev–Trinajstić information content (AvgIpc) is 2.04. The summed E-state index contributed by atoms with van der Waals surface area (Å²) >= 11 is 0. The number of dihydropyridines is 1. The van der Waals surface area contributed by atoms with E-state index in [-0.39, 0.29) is 17.6 Å². The molecule has 1 N–H and O–H groups in total. The summed E-state index contributed by atoms with van der Waals surface area (Å²) in [6.07, 6.45) is 5.12. The van der Waals surface area contributed by atoms with Gasteiger partial charge in [0.2, 0.25) is 0 Å². The number of hydrogen-bond donors (Lipinski definition) is 1. The van der Waals surface area contributed by atoms with Crippen LogP contribution in [0.1, 0.15) is 13.8 Å². The Morgan fingerprint density at radius 2 is 2.08 bits per heavy atom. The molecule has 1 aliphatic heterocycles. The van der Waals surface area contributed by atoms with E-state index in [0.29, 0.717) is 5.70 Å². The van der Waals surface area contributed by atoms with Gasteiger partial charge in [0.1, 0.15) is 6.04 Å². The number of carbonyl (C=O) groups is 2. The molecular formula is C9H11NO2. The molecule has 1 aliphatic rings. The predicted molar refractivity (Wildman–Crippen MR) is 45.5 cm³/mol. The molecule has 0 radical (unpaired) electrons. The Labute approximate surface area is 71.1 Å². The molecule has 3 nitrogen and oxygen atoms in total. The Morgan fingerprint density at radius 3 is 2.58 bits per heavy atom. The van der Waals surface area contributed by atoms with Gasteiger partial charge < -0.3 is 5.32 Å². The minimum Gasteiger partial charge on any atom is -0.369 e. The van der Waals surface area contributed by atoms with E-state index in [1.54, 1.807) is 18.2 Å². The summed E-state index contributed by atoms with van der Waals surface area (Å²) in [5, 5.41) is 2.83. The van der Waals surface area contributed by atoms with Gasteiger partial charge in [0.05, 0.1) is 5.70 Å². The molecule has 12 heavy (non-hydrogen) atoms. The molecule has 0 aromatic carbocycles. The number of rotatable bonds is 2. The van der Waals surface area contributed by atoms with Gasteiger partial charge in [-0.2, -0.15) is 0 Å². The first-order valence-electron chi connectivity index (χ1n) is 3.77. The minimum atomic E-state index is -0.339. The Kier molecular flexibility index (Phi) is 2.43. The summed E-state index contributed by atoms with van der Waals surface area (Å²) < 4.78 is 0. The molecule has 1 heterocycles. The molecule has 0 aromatic rings. The van der Waals surface area contributed by atoms with Crippen molar-refractivity contribution in [3.8, 4) is 0 Å². The summed E-state index contributed by atoms with van der Waals surface area (Å²) in [4.78, 5) is 21.8. The van der Waals surface area contributed by atoms with E-state index >= 15 is 0 Å². The van der Waals surface area contributed by atoms with Crippen LogP contribution in [0.3, 0.4) is 0 Å². The third-order valence-corrected chi connectivity index (χ3v) is 1.69. The van der Waals surface area contributed by atoms with Gasteiger partial charge in [0, 0.05) is 6.92 Å². The second-order valence-corrected chi connectivity index (χ2v) is 2.75. The summed E-state index contributed by atoms with van der Waals surface area (Å²) in [6.45, 7) is 2.96. The van der Waals surface area contributed by atoms with Crippen molar-refractivity contribution in [1.29, 1.82) is 0 Å². The highest BCUT2D eigenvalue weighted by atomic mass is 16.1. The van der Waals surface area contributed by atoms with Crippen LogP contribution in [0.25, 0.3) is 0 Å². The summed E-state index contributed by atoms with van der Waals surface area (Å²) in [6, 6.07) is -0.339. The maximum Gasteiger partial charge on any atom is 0.175 e. The van der Waals surface area contributed by atoms with Gasteiger partial charge in [-0.05, 0) is 13.0 Å². The number of hydrogen-bond acceptors (Lipinski definition) is 3. The van der Waals surface area contributed by atoms with Crippen LogP contribution in [0.15, 0.2) is 23.9 Å². The van der Waals surface area contributed by atoms with Gasteiger partial charge in [-0.25, -0.2) is 0 Å². The molecule has 0 bridgehead atoms. The van der Waals surface area contributed by atoms with Crippen molar-refractivity contribution in [1.82, 2.24) is 5.32 Å². The fraction of sp³-hybridized carbons (Fsp3) is 0.333. The number of ketones is 2. The van der Waals surface area contributed by atoms with Crippen LogP contribution >= 0.6 is 0 Å². The Hall–Kier alpha value is -1.38. The van der Waals surface area contributed by atoms with Crippen LogP contribution in [-0.4, -0.2) is 17.6 Å². The predicted octanol–water partition coefficient (Wildman–Crippen LogP) is 0.576. The van der Waals surface area contributed by atoms with Crippen molar-refractivity contribution in [3.05, 3.63) is 23.9 Å². The van der Waals surface area contributed by atoms with E-state index in [1.807, 2.05) is 0 Å². The number of carbonyl (C=O) groups excluding carboxylic acids is 2. The standard InChI is InChI=1S/C9H11NO2/c1-6(11)8-4-3-5-9(10-8)7(2)12/h3-5,8,10H,1-2H3. The van der Waals surface area contributed by atoms with E-state index < -0.39 is 0 Å². The second kappa shape index (κ2) is 3.34. The molecule has 1 atom stereocenters. The monoisotopic (exact) mass is 165 g/mol. The molecule has 0 aliphatic carbocycles. The summed E-state index contributed by atoms with van der Waals surface area (Å²) in [5.41, 5.74) is 0.498. The van der Waals surface area contributed by atoms with Gasteiger partial charge in [-0.15, -0.1) is 0 Å². The normalized spacial score (nSPS) is 21.2. The summed E-state index contributed by atoms with van der Waals surface area (Å²) in [7, 11) is 0. The lowest BCUT2D eigenvalue weighted by Crippen LogP contribution is -2.36. The maximum atomic E-state index is 10.9. The van der Waals surface area contributed by atoms with Crippen LogP contribution in [0.4, 0.5) is 0 Å². The highest BCUT2D eigenvalue weighted by molar-refractivity contribution is 5.95. The highest BCUT2D eigenvalue weighted by Crippen LogP contribution is 2.03. The Balaban J connectivity index is 2.74. The molecule has 0 fully saturated rings. The lowest BCUT2D eigenvalue weighted by atomic mass is 10.1. The highest BCUT2D eigenvalue weighted by Gasteiger charge is 2.15. The first-order valence-corrected chi connectivity index (χ1v) is 3.77. The molecule has 0 amide bonds. The number of nitrogens with one attached hydrogen (secondary N) is 1. The number of allylic oxidation sites excluding steroid dienone is 3. The fourth-order valence-electron chi connectivity index (χ4n) is 0.983. The van der Waals surface area contributed by atoms with Crippen molar-refractivity contribution in [2.24, 2.45) is 0 Å². The largest absolute Gasteiger partial charge is 0.369 e. The Morgan fingerprint density at radius 1 is 1.42 bits per heavy atom. The van der Waals surface area contributed by atoms with Gasteiger partial charge in [-0.1, -0.05) is 12.2 Å². The van der Waals surface area contributed by atoms with E-state index in [0.717, 1.165) is 0 Å². The second-order valence-electron chi connectivity index (χ2n) is 2.75. The number of Topliss-reactive ketones (excluding diaryl/α,β-unsaturated/α-hetero) is 2. The van der Waals surface area contributed by atoms with Crippen LogP contribution in [0.5, 0.6) is 0 Å². The Bertz CT molecular complexity index is 276. The molecule has 64 valence electrons. The van der Waals surface area contributed by atoms with Crippen molar-refractivity contribution >= 4 is 11.6 Å². The van der Waals surface area contributed by atoms with E-state index in [4.69, 9.17) is 0 Å². The zero-order chi connectivity index (χ0) is 9.14. The van der Waals surface area contributed by atoms with Crippen LogP contribution in [0.2, 0.25) is 0 Å². The topological polar surface area (TPSA) is 46.2 Å². The first kappa shape index (κ1) is 8.71. The van der Waals surface area contributed by atoms with Crippen LogP contribution in [0, 0.1) is 0 Å². The van der Waals surface area contributed by atoms with Gasteiger partial charge in [0.15, 0.2) is 11.6 Å². The fourth-order valence-corrected chi connectivity index (χ4v) is 0.983. The summed E-state index contributed by atoms with van der Waals surface area (Å²) in [5.74, 6) is -0.0382. The average molecular weight is 165 g/mol. The van der Waals surface area contributed by atoms with Gasteiger partial charge in [-0.3, -0.25) is 9.59 Å². The lowest BCUT2D eigenvalue weighted by Gasteiger charge is -2.17. The van der Waals surface area contributed by atoms with Crippen molar-refractivity contribution in [3.63, 3.8) is 0 Å². The zero-order valence-electron chi connectivity index (χ0n) is 7.13. The first-order chi connectivity index (χ1) is 5.61. The lowest BCUT2D eigenvalue weighted by molar-refractivity contribution is -0.118. The SMILES string of the molecule is CC(=O)C1=CC=CC(C(C)=O)N1. The molecule has 0 saturated carbocycles. The molecule has 0 spiro atoms. The van der Waals surface area contributed by atoms with Crippen molar-refractivity contribution < 1.29 is 9.59 Å². The van der Waals surface area contributed by atoms with E-state index in [9.17, 15) is 9.59 Å². The van der Waals surface area contributed by atoms with Crippen molar-refractivity contribution in [2.45, 2.75) is 19.9 Å². The molecule has 0 saturated heterocycles. The van der Waals surface area contributed by atoms with Crippen LogP contribution < -0.4 is 5.32 Å². The quantitative estimate of drug-likeness (QED) is 0.651. The molecule has 3 heteroatoms. The third-order valence-electron chi connectivity index (χ3n) is 1.69.